The lowest BCUT2D eigenvalue weighted by atomic mass is 10.2. The topological polar surface area (TPSA) is 70.6 Å². The minimum absolute atomic E-state index is 0.0168. The zero-order chi connectivity index (χ0) is 12.3. The van der Waals surface area contributed by atoms with Crippen LogP contribution in [0.5, 0.6) is 5.75 Å². The summed E-state index contributed by atoms with van der Waals surface area (Å²) < 4.78 is 26.3. The number of hydrogen-bond donors (Lipinski definition) is 3. The van der Waals surface area contributed by atoms with Crippen molar-refractivity contribution >= 4 is 39.5 Å². The zero-order valence-electron chi connectivity index (χ0n) is 7.67. The molecule has 0 unspecified atom stereocenters. The molecule has 1 aromatic carbocycles. The Morgan fingerprint density at radius 1 is 1.56 bits per heavy atom. The van der Waals surface area contributed by atoms with Gasteiger partial charge < -0.3 is 10.8 Å². The van der Waals surface area contributed by atoms with Crippen molar-refractivity contribution in [2.24, 2.45) is 10.8 Å². The summed E-state index contributed by atoms with van der Waals surface area (Å²) in [4.78, 5) is 0. The Morgan fingerprint density at radius 3 is 2.75 bits per heavy atom. The van der Waals surface area contributed by atoms with Crippen LogP contribution in [0.15, 0.2) is 15.6 Å². The highest BCUT2D eigenvalue weighted by Crippen LogP contribution is 2.30. The maximum atomic E-state index is 13.2. The van der Waals surface area contributed by atoms with Crippen LogP contribution in [0.1, 0.15) is 5.56 Å². The van der Waals surface area contributed by atoms with E-state index in [0.717, 1.165) is 6.21 Å². The maximum Gasteiger partial charge on any atom is 0.202 e. The normalized spacial score (nSPS) is 10.7. The predicted octanol–water partition coefficient (Wildman–Crippen LogP) is 1.60. The summed E-state index contributed by atoms with van der Waals surface area (Å²) in [5, 5.41) is 12.4. The van der Waals surface area contributed by atoms with Gasteiger partial charge in [-0.05, 0) is 34.2 Å². The van der Waals surface area contributed by atoms with E-state index in [9.17, 15) is 8.78 Å². The van der Waals surface area contributed by atoms with Crippen molar-refractivity contribution in [3.63, 3.8) is 0 Å². The van der Waals surface area contributed by atoms with E-state index in [1.54, 1.807) is 0 Å². The van der Waals surface area contributed by atoms with E-state index in [1.165, 1.54) is 6.07 Å². The second kappa shape index (κ2) is 5.17. The SMILES string of the molecule is NC(=S)NN=Cc1cc(Br)c(O)c(F)c1F. The molecule has 0 radical (unpaired) electrons. The first-order valence-corrected chi connectivity index (χ1v) is 5.08. The first kappa shape index (κ1) is 12.8. The van der Waals surface area contributed by atoms with Gasteiger partial charge in [-0.3, -0.25) is 5.43 Å². The number of nitrogens with two attached hydrogens (primary N) is 1. The van der Waals surface area contributed by atoms with E-state index in [-0.39, 0.29) is 15.1 Å². The highest BCUT2D eigenvalue weighted by Gasteiger charge is 2.15. The van der Waals surface area contributed by atoms with Crippen LogP contribution in [0.3, 0.4) is 0 Å². The molecule has 0 aliphatic carbocycles. The van der Waals surface area contributed by atoms with Gasteiger partial charge >= 0.3 is 0 Å². The van der Waals surface area contributed by atoms with Crippen LogP contribution in [0, 0.1) is 11.6 Å². The fraction of sp³-hybridized carbons (Fsp3) is 0. The van der Waals surface area contributed by atoms with Crippen molar-refractivity contribution in [2.75, 3.05) is 0 Å². The highest BCUT2D eigenvalue weighted by atomic mass is 79.9. The molecule has 4 nitrogen and oxygen atoms in total. The number of halogens is 3. The van der Waals surface area contributed by atoms with Gasteiger partial charge in [-0.1, -0.05) is 0 Å². The molecule has 1 aromatic rings. The van der Waals surface area contributed by atoms with E-state index in [4.69, 9.17) is 10.8 Å². The summed E-state index contributed by atoms with van der Waals surface area (Å²) >= 11 is 7.31. The van der Waals surface area contributed by atoms with Crippen LogP contribution in [-0.2, 0) is 0 Å². The van der Waals surface area contributed by atoms with E-state index in [2.05, 4.69) is 38.7 Å². The Kier molecular flexibility index (Phi) is 4.13. The summed E-state index contributed by atoms with van der Waals surface area (Å²) in [5.41, 5.74) is 7.09. The summed E-state index contributed by atoms with van der Waals surface area (Å²) in [6, 6.07) is 1.17. The first-order valence-electron chi connectivity index (χ1n) is 3.88. The number of rotatable bonds is 2. The van der Waals surface area contributed by atoms with Crippen LogP contribution >= 0.6 is 28.1 Å². The number of hydrazone groups is 1. The highest BCUT2D eigenvalue weighted by molar-refractivity contribution is 9.10. The Balaban J connectivity index is 3.06. The van der Waals surface area contributed by atoms with Gasteiger partial charge in [-0.15, -0.1) is 0 Å². The molecule has 0 spiro atoms. The molecule has 1 rings (SSSR count). The Labute approximate surface area is 103 Å². The van der Waals surface area contributed by atoms with Gasteiger partial charge in [0.05, 0.1) is 10.7 Å². The molecule has 0 saturated heterocycles. The number of phenolic OH excluding ortho intramolecular Hbond substituents is 1. The van der Waals surface area contributed by atoms with Crippen molar-refractivity contribution in [3.8, 4) is 5.75 Å². The Hall–Kier alpha value is -1.28. The second-order valence-corrected chi connectivity index (χ2v) is 3.95. The molecule has 0 atom stereocenters. The van der Waals surface area contributed by atoms with Crippen LogP contribution in [0.25, 0.3) is 0 Å². The van der Waals surface area contributed by atoms with Crippen molar-refractivity contribution < 1.29 is 13.9 Å². The van der Waals surface area contributed by atoms with Gasteiger partial charge in [-0.25, -0.2) is 4.39 Å². The van der Waals surface area contributed by atoms with Crippen molar-refractivity contribution in [1.29, 1.82) is 0 Å². The molecule has 0 aliphatic heterocycles. The molecular formula is C8H6BrF2N3OS. The maximum absolute atomic E-state index is 13.2. The third-order valence-electron chi connectivity index (χ3n) is 1.54. The molecule has 0 heterocycles. The molecule has 0 aliphatic rings. The number of thiocarbonyl (C=S) groups is 1. The van der Waals surface area contributed by atoms with E-state index < -0.39 is 17.4 Å². The number of aromatic hydroxyl groups is 1. The molecule has 0 bridgehead atoms. The lowest BCUT2D eigenvalue weighted by Crippen LogP contribution is -2.24. The van der Waals surface area contributed by atoms with Gasteiger partial charge in [0, 0.05) is 5.56 Å². The van der Waals surface area contributed by atoms with E-state index in [1.807, 2.05) is 0 Å². The summed E-state index contributed by atoms with van der Waals surface area (Å²) in [7, 11) is 0. The van der Waals surface area contributed by atoms with Gasteiger partial charge in [-0.2, -0.15) is 9.49 Å². The second-order valence-electron chi connectivity index (χ2n) is 2.66. The smallest absolute Gasteiger partial charge is 0.202 e. The van der Waals surface area contributed by atoms with E-state index >= 15 is 0 Å². The molecule has 86 valence electrons. The fourth-order valence-electron chi connectivity index (χ4n) is 0.863. The van der Waals surface area contributed by atoms with E-state index in [0.29, 0.717) is 0 Å². The molecule has 8 heteroatoms. The minimum Gasteiger partial charge on any atom is -0.504 e. The quantitative estimate of drug-likeness (QED) is 0.336. The molecule has 16 heavy (non-hydrogen) atoms. The molecule has 0 aromatic heterocycles. The number of nitrogens with zero attached hydrogens (tertiary/aromatic N) is 1. The van der Waals surface area contributed by atoms with Crippen LogP contribution in [0.4, 0.5) is 8.78 Å². The van der Waals surface area contributed by atoms with Crippen LogP contribution in [-0.4, -0.2) is 16.4 Å². The zero-order valence-corrected chi connectivity index (χ0v) is 10.1. The number of hydrogen-bond acceptors (Lipinski definition) is 3. The van der Waals surface area contributed by atoms with Gasteiger partial charge in [0.1, 0.15) is 0 Å². The molecule has 4 N–H and O–H groups in total. The third-order valence-corrected chi connectivity index (χ3v) is 2.24. The Morgan fingerprint density at radius 2 is 2.19 bits per heavy atom. The number of benzene rings is 1. The molecule has 0 saturated carbocycles. The molecule has 0 fully saturated rings. The average Bonchev–Trinajstić information content (AvgIpc) is 2.22. The Bertz CT molecular complexity index is 467. The van der Waals surface area contributed by atoms with Crippen LogP contribution in [0.2, 0.25) is 0 Å². The van der Waals surface area contributed by atoms with Gasteiger partial charge in [0.2, 0.25) is 5.82 Å². The average molecular weight is 310 g/mol. The number of phenols is 1. The standard InChI is InChI=1S/C8H6BrF2N3OS/c9-4-1-3(2-13-14-8(12)16)5(10)6(11)7(4)15/h1-2,15H,(H3,12,14,16). The van der Waals surface area contributed by atoms with Crippen molar-refractivity contribution in [3.05, 3.63) is 27.7 Å². The van der Waals surface area contributed by atoms with Crippen molar-refractivity contribution in [1.82, 2.24) is 5.43 Å². The summed E-state index contributed by atoms with van der Waals surface area (Å²) in [6.45, 7) is 0. The predicted molar refractivity (Wildman–Crippen MR) is 63.2 cm³/mol. The lowest BCUT2D eigenvalue weighted by molar-refractivity contribution is 0.404. The fourth-order valence-corrected chi connectivity index (χ4v) is 1.34. The molecular weight excluding hydrogens is 304 g/mol. The monoisotopic (exact) mass is 309 g/mol. The van der Waals surface area contributed by atoms with Gasteiger partial charge in [0.25, 0.3) is 0 Å². The third kappa shape index (κ3) is 2.86. The summed E-state index contributed by atoms with van der Waals surface area (Å²) in [6.07, 6.45) is 0.988. The van der Waals surface area contributed by atoms with Crippen LogP contribution < -0.4 is 11.2 Å². The summed E-state index contributed by atoms with van der Waals surface area (Å²) in [5.74, 6) is -3.36. The van der Waals surface area contributed by atoms with Crippen molar-refractivity contribution in [2.45, 2.75) is 0 Å². The largest absolute Gasteiger partial charge is 0.504 e. The van der Waals surface area contributed by atoms with Gasteiger partial charge in [0.15, 0.2) is 16.7 Å². The molecule has 0 amide bonds. The lowest BCUT2D eigenvalue weighted by Gasteiger charge is -2.03. The minimum atomic E-state index is -1.36. The first-order chi connectivity index (χ1) is 7.43. The number of nitrogens with one attached hydrogen (secondary N) is 1.